The first-order valence-electron chi connectivity index (χ1n) is 9.95. The topological polar surface area (TPSA) is 50.8 Å². The molecule has 2 aromatic carbocycles. The number of carbonyl (C=O) groups excluding carboxylic acids is 1. The van der Waals surface area contributed by atoms with Crippen LogP contribution in [0.2, 0.25) is 0 Å². The van der Waals surface area contributed by atoms with E-state index in [1.165, 1.54) is 0 Å². The molecule has 28 heavy (non-hydrogen) atoms. The number of rotatable bonds is 8. The van der Waals surface area contributed by atoms with Crippen molar-refractivity contribution in [3.8, 4) is 11.5 Å². The molecular formula is C23H30N2O3. The largest absolute Gasteiger partial charge is 0.493 e. The van der Waals surface area contributed by atoms with Gasteiger partial charge in [-0.25, -0.2) is 0 Å². The van der Waals surface area contributed by atoms with E-state index in [0.29, 0.717) is 29.6 Å². The quantitative estimate of drug-likeness (QED) is 0.756. The van der Waals surface area contributed by atoms with Crippen LogP contribution >= 0.6 is 0 Å². The Balaban J connectivity index is 1.76. The van der Waals surface area contributed by atoms with Gasteiger partial charge in [0.15, 0.2) is 11.5 Å². The van der Waals surface area contributed by atoms with Gasteiger partial charge in [0.25, 0.3) is 5.91 Å². The van der Waals surface area contributed by atoms with Crippen LogP contribution in [0.4, 0.5) is 0 Å². The van der Waals surface area contributed by atoms with Gasteiger partial charge in [0.05, 0.1) is 7.11 Å². The lowest BCUT2D eigenvalue weighted by Gasteiger charge is -2.29. The number of methoxy groups -OCH3 is 1. The Bertz CT molecular complexity index is 771. The number of nitrogens with one attached hydrogen (secondary N) is 1. The van der Waals surface area contributed by atoms with Crippen LogP contribution in [0.15, 0.2) is 48.5 Å². The van der Waals surface area contributed by atoms with Gasteiger partial charge in [0.2, 0.25) is 0 Å². The lowest BCUT2D eigenvalue weighted by molar-refractivity contribution is 0.0676. The SMILES string of the molecule is COc1ccc(C(=O)N(C[C@H]2CCNC2)C(C)C)cc1OCc1ccccc1. The van der Waals surface area contributed by atoms with E-state index in [1.807, 2.05) is 47.4 Å². The predicted octanol–water partition coefficient (Wildman–Crippen LogP) is 3.73. The highest BCUT2D eigenvalue weighted by Gasteiger charge is 2.25. The number of nitrogens with zero attached hydrogens (tertiary/aromatic N) is 1. The van der Waals surface area contributed by atoms with Gasteiger partial charge >= 0.3 is 0 Å². The van der Waals surface area contributed by atoms with E-state index in [1.54, 1.807) is 13.2 Å². The number of amides is 1. The Morgan fingerprint density at radius 2 is 1.96 bits per heavy atom. The first-order valence-corrected chi connectivity index (χ1v) is 9.95. The molecule has 0 spiro atoms. The van der Waals surface area contributed by atoms with E-state index in [-0.39, 0.29) is 11.9 Å². The van der Waals surface area contributed by atoms with Crippen molar-refractivity contribution in [1.29, 1.82) is 0 Å². The summed E-state index contributed by atoms with van der Waals surface area (Å²) in [5.41, 5.74) is 1.70. The summed E-state index contributed by atoms with van der Waals surface area (Å²) < 4.78 is 11.4. The van der Waals surface area contributed by atoms with Crippen LogP contribution in [0, 0.1) is 5.92 Å². The van der Waals surface area contributed by atoms with E-state index in [2.05, 4.69) is 19.2 Å². The Morgan fingerprint density at radius 3 is 2.61 bits per heavy atom. The highest BCUT2D eigenvalue weighted by molar-refractivity contribution is 5.95. The molecule has 2 aromatic rings. The fourth-order valence-corrected chi connectivity index (χ4v) is 3.50. The predicted molar refractivity (Wildman–Crippen MR) is 111 cm³/mol. The van der Waals surface area contributed by atoms with E-state index in [0.717, 1.165) is 31.6 Å². The second-order valence-electron chi connectivity index (χ2n) is 7.55. The van der Waals surface area contributed by atoms with Crippen molar-refractivity contribution in [2.75, 3.05) is 26.7 Å². The third-order valence-corrected chi connectivity index (χ3v) is 5.15. The van der Waals surface area contributed by atoms with Gasteiger partial charge < -0.3 is 19.7 Å². The van der Waals surface area contributed by atoms with Gasteiger partial charge in [-0.05, 0) is 63.0 Å². The Hall–Kier alpha value is -2.53. The van der Waals surface area contributed by atoms with Crippen molar-refractivity contribution in [1.82, 2.24) is 10.2 Å². The van der Waals surface area contributed by atoms with Crippen LogP contribution < -0.4 is 14.8 Å². The minimum atomic E-state index is 0.0362. The lowest BCUT2D eigenvalue weighted by Crippen LogP contribution is -2.40. The fraction of sp³-hybridized carbons (Fsp3) is 0.435. The molecular weight excluding hydrogens is 352 g/mol. The van der Waals surface area contributed by atoms with Crippen LogP contribution in [0.1, 0.15) is 36.2 Å². The van der Waals surface area contributed by atoms with E-state index < -0.39 is 0 Å². The van der Waals surface area contributed by atoms with Crippen LogP contribution in [-0.2, 0) is 6.61 Å². The molecule has 1 fully saturated rings. The molecule has 1 aliphatic rings. The first-order chi connectivity index (χ1) is 13.6. The molecule has 1 aliphatic heterocycles. The molecule has 3 rings (SSSR count). The maximum Gasteiger partial charge on any atom is 0.254 e. The summed E-state index contributed by atoms with van der Waals surface area (Å²) in [6.07, 6.45) is 1.12. The molecule has 0 saturated carbocycles. The molecule has 0 aromatic heterocycles. The summed E-state index contributed by atoms with van der Waals surface area (Å²) in [5, 5.41) is 3.38. The average Bonchev–Trinajstić information content (AvgIpc) is 3.23. The number of carbonyl (C=O) groups is 1. The van der Waals surface area contributed by atoms with Crippen LogP contribution in [0.25, 0.3) is 0 Å². The van der Waals surface area contributed by atoms with Gasteiger partial charge in [-0.1, -0.05) is 30.3 Å². The van der Waals surface area contributed by atoms with Gasteiger partial charge in [-0.2, -0.15) is 0 Å². The van der Waals surface area contributed by atoms with E-state index in [9.17, 15) is 4.79 Å². The van der Waals surface area contributed by atoms with Crippen LogP contribution in [-0.4, -0.2) is 43.6 Å². The monoisotopic (exact) mass is 382 g/mol. The number of hydrogen-bond acceptors (Lipinski definition) is 4. The van der Waals surface area contributed by atoms with Crippen molar-refractivity contribution in [3.05, 3.63) is 59.7 Å². The zero-order chi connectivity index (χ0) is 19.9. The molecule has 1 atom stereocenters. The van der Waals surface area contributed by atoms with Gasteiger partial charge in [-0.15, -0.1) is 0 Å². The zero-order valence-corrected chi connectivity index (χ0v) is 17.0. The fourth-order valence-electron chi connectivity index (χ4n) is 3.50. The summed E-state index contributed by atoms with van der Waals surface area (Å²) in [7, 11) is 1.61. The molecule has 1 N–H and O–H groups in total. The Labute approximate surface area is 167 Å². The maximum atomic E-state index is 13.2. The highest BCUT2D eigenvalue weighted by Crippen LogP contribution is 2.30. The number of benzene rings is 2. The molecule has 150 valence electrons. The van der Waals surface area contributed by atoms with Crippen molar-refractivity contribution in [2.45, 2.75) is 32.9 Å². The van der Waals surface area contributed by atoms with Crippen LogP contribution in [0.3, 0.4) is 0 Å². The Morgan fingerprint density at radius 1 is 1.18 bits per heavy atom. The summed E-state index contributed by atoms with van der Waals surface area (Å²) in [4.78, 5) is 15.2. The molecule has 0 bridgehead atoms. The second-order valence-corrected chi connectivity index (χ2v) is 7.55. The normalized spacial score (nSPS) is 16.2. The van der Waals surface area contributed by atoms with E-state index >= 15 is 0 Å². The van der Waals surface area contributed by atoms with Crippen molar-refractivity contribution in [3.63, 3.8) is 0 Å². The third-order valence-electron chi connectivity index (χ3n) is 5.15. The lowest BCUT2D eigenvalue weighted by atomic mass is 10.1. The number of ether oxygens (including phenoxy) is 2. The zero-order valence-electron chi connectivity index (χ0n) is 17.0. The molecule has 0 unspecified atom stereocenters. The van der Waals surface area contributed by atoms with Gasteiger partial charge in [0.1, 0.15) is 6.61 Å². The standard InChI is InChI=1S/C23H30N2O3/c1-17(2)25(15-19-11-12-24-14-19)23(26)20-9-10-21(27-3)22(13-20)28-16-18-7-5-4-6-8-18/h4-10,13,17,19,24H,11-12,14-16H2,1-3H3/t19-/m0/s1. The molecule has 5 nitrogen and oxygen atoms in total. The third kappa shape index (κ3) is 5.04. The smallest absolute Gasteiger partial charge is 0.254 e. The van der Waals surface area contributed by atoms with E-state index in [4.69, 9.17) is 9.47 Å². The second kappa shape index (κ2) is 9.60. The highest BCUT2D eigenvalue weighted by atomic mass is 16.5. The summed E-state index contributed by atoms with van der Waals surface area (Å²) in [6.45, 7) is 7.34. The van der Waals surface area contributed by atoms with Gasteiger partial charge in [-0.3, -0.25) is 4.79 Å². The molecule has 0 radical (unpaired) electrons. The van der Waals surface area contributed by atoms with Crippen molar-refractivity contribution < 1.29 is 14.3 Å². The average molecular weight is 383 g/mol. The molecule has 1 amide bonds. The van der Waals surface area contributed by atoms with Crippen molar-refractivity contribution in [2.24, 2.45) is 5.92 Å². The van der Waals surface area contributed by atoms with Crippen molar-refractivity contribution >= 4 is 5.91 Å². The minimum absolute atomic E-state index is 0.0362. The molecule has 5 heteroatoms. The van der Waals surface area contributed by atoms with Crippen LogP contribution in [0.5, 0.6) is 11.5 Å². The molecule has 0 aliphatic carbocycles. The Kier molecular flexibility index (Phi) is 6.93. The minimum Gasteiger partial charge on any atom is -0.493 e. The molecule has 1 saturated heterocycles. The summed E-state index contributed by atoms with van der Waals surface area (Å²) >= 11 is 0. The maximum absolute atomic E-state index is 13.2. The first kappa shape index (κ1) is 20.2. The van der Waals surface area contributed by atoms with Gasteiger partial charge in [0, 0.05) is 18.2 Å². The summed E-state index contributed by atoms with van der Waals surface area (Å²) in [5.74, 6) is 1.76. The number of hydrogen-bond donors (Lipinski definition) is 1. The summed E-state index contributed by atoms with van der Waals surface area (Å²) in [6, 6.07) is 15.5. The molecule has 1 heterocycles.